The van der Waals surface area contributed by atoms with Gasteiger partial charge in [0.05, 0.1) is 17.5 Å². The van der Waals surface area contributed by atoms with Crippen molar-refractivity contribution in [2.75, 3.05) is 23.7 Å². The Hall–Kier alpha value is -2.60. The number of nitrogens with one attached hydrogen (secondary N) is 1. The minimum atomic E-state index is -4.69. The number of carbonyl (C=O) groups is 2. The molecule has 0 aliphatic carbocycles. The zero-order valence-electron chi connectivity index (χ0n) is 19.5. The van der Waals surface area contributed by atoms with E-state index in [1.807, 2.05) is 6.92 Å². The van der Waals surface area contributed by atoms with Crippen LogP contribution in [0.15, 0.2) is 53.0 Å². The number of hydrogen-bond donors (Lipinski definition) is 1. The van der Waals surface area contributed by atoms with Crippen LogP contribution in [0.3, 0.4) is 0 Å². The predicted octanol–water partition coefficient (Wildman–Crippen LogP) is 4.18. The minimum absolute atomic E-state index is 0.00693. The van der Waals surface area contributed by atoms with Gasteiger partial charge in [0.1, 0.15) is 12.6 Å². The van der Waals surface area contributed by atoms with Gasteiger partial charge in [-0.1, -0.05) is 41.1 Å². The fourth-order valence-electron chi connectivity index (χ4n) is 3.22. The molecule has 192 valence electrons. The number of rotatable bonds is 10. The van der Waals surface area contributed by atoms with Crippen molar-refractivity contribution in [3.05, 3.63) is 64.1 Å². The third kappa shape index (κ3) is 8.24. The van der Waals surface area contributed by atoms with Crippen molar-refractivity contribution in [1.82, 2.24) is 10.2 Å². The smallest absolute Gasteiger partial charge is 0.354 e. The van der Waals surface area contributed by atoms with E-state index in [1.165, 1.54) is 17.9 Å². The Morgan fingerprint density at radius 1 is 1.11 bits per heavy atom. The van der Waals surface area contributed by atoms with Crippen LogP contribution in [0, 0.1) is 0 Å². The summed E-state index contributed by atoms with van der Waals surface area (Å²) in [6.45, 7) is 2.99. The normalized spacial score (nSPS) is 12.7. The number of alkyl halides is 3. The summed E-state index contributed by atoms with van der Waals surface area (Å²) in [5.74, 6) is -1.17. The van der Waals surface area contributed by atoms with E-state index in [0.717, 1.165) is 22.9 Å². The molecular formula is C23H27BrF3N3O4S. The van der Waals surface area contributed by atoms with Gasteiger partial charge in [-0.15, -0.1) is 0 Å². The summed E-state index contributed by atoms with van der Waals surface area (Å²) < 4.78 is 66.0. The van der Waals surface area contributed by atoms with E-state index in [1.54, 1.807) is 24.3 Å². The van der Waals surface area contributed by atoms with Crippen molar-refractivity contribution in [1.29, 1.82) is 0 Å². The lowest BCUT2D eigenvalue weighted by molar-refractivity contribution is -0.139. The Morgan fingerprint density at radius 2 is 1.74 bits per heavy atom. The highest BCUT2D eigenvalue weighted by Gasteiger charge is 2.33. The van der Waals surface area contributed by atoms with Crippen molar-refractivity contribution < 1.29 is 31.2 Å². The lowest BCUT2D eigenvalue weighted by Gasteiger charge is -2.31. The van der Waals surface area contributed by atoms with Gasteiger partial charge in [0.25, 0.3) is 0 Å². The van der Waals surface area contributed by atoms with E-state index in [4.69, 9.17) is 0 Å². The first-order valence-corrected chi connectivity index (χ1v) is 13.3. The second kappa shape index (κ2) is 11.9. The van der Waals surface area contributed by atoms with Gasteiger partial charge < -0.3 is 10.2 Å². The molecule has 0 radical (unpaired) electrons. The number of amides is 2. The zero-order chi connectivity index (χ0) is 26.4. The molecule has 1 unspecified atom stereocenters. The number of halogens is 4. The molecule has 0 heterocycles. The molecule has 2 aromatic rings. The third-order valence-corrected chi connectivity index (χ3v) is 6.79. The molecule has 0 aliphatic rings. The molecule has 0 spiro atoms. The number of benzene rings is 2. The quantitative estimate of drug-likeness (QED) is 0.459. The molecule has 0 saturated carbocycles. The Balaban J connectivity index is 2.41. The molecule has 2 amide bonds. The van der Waals surface area contributed by atoms with E-state index < -0.39 is 46.2 Å². The lowest BCUT2D eigenvalue weighted by atomic mass is 10.1. The Kier molecular flexibility index (Phi) is 9.73. The topological polar surface area (TPSA) is 86.8 Å². The molecule has 0 saturated heterocycles. The van der Waals surface area contributed by atoms with Gasteiger partial charge in [-0.25, -0.2) is 8.42 Å². The van der Waals surface area contributed by atoms with Crippen LogP contribution in [0.1, 0.15) is 31.4 Å². The monoisotopic (exact) mass is 577 g/mol. The van der Waals surface area contributed by atoms with Gasteiger partial charge in [-0.2, -0.15) is 13.2 Å². The van der Waals surface area contributed by atoms with Gasteiger partial charge >= 0.3 is 6.18 Å². The van der Waals surface area contributed by atoms with Gasteiger partial charge in [0.2, 0.25) is 21.8 Å². The SMILES string of the molecule is CCCNC(=O)C(C)N(Cc1ccc(Br)cc1)C(=O)CN(c1cccc(C(F)(F)F)c1)S(C)(=O)=O. The van der Waals surface area contributed by atoms with Crippen LogP contribution in [0.5, 0.6) is 0 Å². The van der Waals surface area contributed by atoms with Gasteiger partial charge in [0.15, 0.2) is 0 Å². The van der Waals surface area contributed by atoms with E-state index >= 15 is 0 Å². The molecule has 0 bridgehead atoms. The van der Waals surface area contributed by atoms with Crippen molar-refractivity contribution in [2.24, 2.45) is 0 Å². The summed E-state index contributed by atoms with van der Waals surface area (Å²) in [5.41, 5.74) is -0.667. The summed E-state index contributed by atoms with van der Waals surface area (Å²) in [7, 11) is -4.14. The number of anilines is 1. The Bertz CT molecular complexity index is 1140. The molecule has 1 atom stereocenters. The highest BCUT2D eigenvalue weighted by Crippen LogP contribution is 2.32. The second-order valence-corrected chi connectivity index (χ2v) is 10.8. The fourth-order valence-corrected chi connectivity index (χ4v) is 4.32. The maximum atomic E-state index is 13.4. The van der Waals surface area contributed by atoms with Crippen LogP contribution in [-0.2, 0) is 32.3 Å². The average Bonchev–Trinajstić information content (AvgIpc) is 2.78. The van der Waals surface area contributed by atoms with Gasteiger partial charge in [0, 0.05) is 17.6 Å². The number of nitrogens with zero attached hydrogens (tertiary/aromatic N) is 2. The summed E-state index contributed by atoms with van der Waals surface area (Å²) >= 11 is 3.32. The third-order valence-electron chi connectivity index (χ3n) is 5.12. The molecule has 0 aromatic heterocycles. The van der Waals surface area contributed by atoms with E-state index in [2.05, 4.69) is 21.2 Å². The highest BCUT2D eigenvalue weighted by atomic mass is 79.9. The van der Waals surface area contributed by atoms with Gasteiger partial charge in [-0.3, -0.25) is 13.9 Å². The van der Waals surface area contributed by atoms with Crippen LogP contribution in [0.4, 0.5) is 18.9 Å². The molecule has 0 aliphatic heterocycles. The summed E-state index contributed by atoms with van der Waals surface area (Å²) in [5, 5.41) is 2.70. The van der Waals surface area contributed by atoms with Crippen molar-refractivity contribution in [3.8, 4) is 0 Å². The number of hydrogen-bond acceptors (Lipinski definition) is 4. The van der Waals surface area contributed by atoms with Crippen LogP contribution < -0.4 is 9.62 Å². The van der Waals surface area contributed by atoms with E-state index in [0.29, 0.717) is 28.9 Å². The fraction of sp³-hybridized carbons (Fsp3) is 0.391. The first-order chi connectivity index (χ1) is 16.2. The van der Waals surface area contributed by atoms with E-state index in [-0.39, 0.29) is 12.2 Å². The lowest BCUT2D eigenvalue weighted by Crippen LogP contribution is -2.51. The predicted molar refractivity (Wildman–Crippen MR) is 131 cm³/mol. The van der Waals surface area contributed by atoms with Crippen LogP contribution >= 0.6 is 15.9 Å². The molecule has 7 nitrogen and oxygen atoms in total. The summed E-state index contributed by atoms with van der Waals surface area (Å²) in [6.07, 6.45) is -3.21. The zero-order valence-corrected chi connectivity index (χ0v) is 21.9. The second-order valence-electron chi connectivity index (χ2n) is 7.93. The Labute approximate surface area is 211 Å². The number of sulfonamides is 1. The first kappa shape index (κ1) is 28.6. The highest BCUT2D eigenvalue weighted by molar-refractivity contribution is 9.10. The average molecular weight is 578 g/mol. The minimum Gasteiger partial charge on any atom is -0.354 e. The molecule has 0 fully saturated rings. The van der Waals surface area contributed by atoms with Crippen molar-refractivity contribution in [3.63, 3.8) is 0 Å². The first-order valence-electron chi connectivity index (χ1n) is 10.7. The molecule has 12 heteroatoms. The maximum absolute atomic E-state index is 13.4. The summed E-state index contributed by atoms with van der Waals surface area (Å²) in [4.78, 5) is 27.2. The molecule has 1 N–H and O–H groups in total. The largest absolute Gasteiger partial charge is 0.416 e. The Morgan fingerprint density at radius 3 is 2.29 bits per heavy atom. The maximum Gasteiger partial charge on any atom is 0.416 e. The van der Waals surface area contributed by atoms with Crippen LogP contribution in [0.25, 0.3) is 0 Å². The number of carbonyl (C=O) groups excluding carboxylic acids is 2. The molecule has 2 aromatic carbocycles. The molecule has 2 rings (SSSR count). The molecular weight excluding hydrogens is 551 g/mol. The van der Waals surface area contributed by atoms with Gasteiger partial charge in [-0.05, 0) is 49.2 Å². The standard InChI is InChI=1S/C23H27BrF3N3O4S/c1-4-12-28-22(32)16(2)29(14-17-8-10-19(24)11-9-17)21(31)15-30(35(3,33)34)20-7-5-6-18(13-20)23(25,26)27/h5-11,13,16H,4,12,14-15H2,1-3H3,(H,28,32). The molecule has 35 heavy (non-hydrogen) atoms. The van der Waals surface area contributed by atoms with Crippen molar-refractivity contribution in [2.45, 2.75) is 39.0 Å². The summed E-state index contributed by atoms with van der Waals surface area (Å²) in [6, 6.07) is 9.76. The van der Waals surface area contributed by atoms with Crippen molar-refractivity contribution >= 4 is 43.5 Å². The van der Waals surface area contributed by atoms with Crippen LogP contribution in [0.2, 0.25) is 0 Å². The van der Waals surface area contributed by atoms with Crippen LogP contribution in [-0.4, -0.2) is 50.5 Å². The van der Waals surface area contributed by atoms with E-state index in [9.17, 15) is 31.2 Å².